The van der Waals surface area contributed by atoms with Gasteiger partial charge in [0.25, 0.3) is 5.91 Å². The van der Waals surface area contributed by atoms with Crippen molar-refractivity contribution in [3.8, 4) is 5.75 Å². The summed E-state index contributed by atoms with van der Waals surface area (Å²) in [4.78, 5) is 23.2. The van der Waals surface area contributed by atoms with E-state index in [0.717, 1.165) is 5.56 Å². The highest BCUT2D eigenvalue weighted by molar-refractivity contribution is 5.80. The van der Waals surface area contributed by atoms with Gasteiger partial charge in [0.05, 0.1) is 0 Å². The Morgan fingerprint density at radius 3 is 2.28 bits per heavy atom. The Hall–Kier alpha value is -3.02. The lowest BCUT2D eigenvalue weighted by Crippen LogP contribution is -2.44. The highest BCUT2D eigenvalue weighted by atomic mass is 16.6. The maximum Gasteiger partial charge on any atom is 0.426 e. The summed E-state index contributed by atoms with van der Waals surface area (Å²) in [6, 6.07) is 16.8. The molecule has 0 aromatic heterocycles. The first kappa shape index (κ1) is 18.3. The molecule has 0 spiro atoms. The standard InChI is InChI=1S/C19H22N2O4/c1-14(2)16-8-10-17(11-9-16)24-13-18(22)20-21-19(23)25-12-15-6-4-3-5-7-15/h3-11,14H,12-13H2,1-2H3,(H,20,22)(H,21,23). The van der Waals surface area contributed by atoms with E-state index in [4.69, 9.17) is 9.47 Å². The van der Waals surface area contributed by atoms with Crippen LogP contribution in [0.15, 0.2) is 54.6 Å². The van der Waals surface area contributed by atoms with E-state index in [1.54, 1.807) is 0 Å². The molecule has 0 saturated heterocycles. The van der Waals surface area contributed by atoms with Crippen molar-refractivity contribution in [1.82, 2.24) is 10.9 Å². The number of carbonyl (C=O) groups is 2. The molecule has 6 nitrogen and oxygen atoms in total. The molecule has 132 valence electrons. The van der Waals surface area contributed by atoms with Gasteiger partial charge < -0.3 is 9.47 Å². The molecule has 0 aliphatic carbocycles. The van der Waals surface area contributed by atoms with E-state index in [0.29, 0.717) is 11.7 Å². The van der Waals surface area contributed by atoms with Gasteiger partial charge in [-0.3, -0.25) is 10.2 Å². The first-order valence-electron chi connectivity index (χ1n) is 8.03. The average molecular weight is 342 g/mol. The summed E-state index contributed by atoms with van der Waals surface area (Å²) < 4.78 is 10.3. The molecular formula is C19H22N2O4. The third-order valence-electron chi connectivity index (χ3n) is 3.43. The summed E-state index contributed by atoms with van der Waals surface area (Å²) in [5, 5.41) is 0. The number of hydrogen-bond acceptors (Lipinski definition) is 4. The van der Waals surface area contributed by atoms with E-state index < -0.39 is 12.0 Å². The zero-order valence-electron chi connectivity index (χ0n) is 14.3. The van der Waals surface area contributed by atoms with E-state index in [9.17, 15) is 9.59 Å². The second kappa shape index (κ2) is 9.32. The minimum Gasteiger partial charge on any atom is -0.484 e. The van der Waals surface area contributed by atoms with Crippen LogP contribution in [0.2, 0.25) is 0 Å². The second-order valence-electron chi connectivity index (χ2n) is 5.75. The summed E-state index contributed by atoms with van der Waals surface area (Å²) in [5.74, 6) is 0.541. The Labute approximate surface area is 147 Å². The van der Waals surface area contributed by atoms with Gasteiger partial charge in [0.15, 0.2) is 6.61 Å². The van der Waals surface area contributed by atoms with E-state index in [-0.39, 0.29) is 13.2 Å². The Bertz CT molecular complexity index is 684. The average Bonchev–Trinajstić information content (AvgIpc) is 2.64. The predicted molar refractivity (Wildman–Crippen MR) is 93.9 cm³/mol. The van der Waals surface area contributed by atoms with Crippen LogP contribution >= 0.6 is 0 Å². The van der Waals surface area contributed by atoms with Gasteiger partial charge in [-0.05, 0) is 29.2 Å². The van der Waals surface area contributed by atoms with Gasteiger partial charge in [-0.15, -0.1) is 0 Å². The third kappa shape index (κ3) is 6.55. The number of amides is 2. The topological polar surface area (TPSA) is 76.7 Å². The summed E-state index contributed by atoms with van der Waals surface area (Å²) in [6.45, 7) is 4.12. The fraction of sp³-hybridized carbons (Fsp3) is 0.263. The second-order valence-corrected chi connectivity index (χ2v) is 5.75. The van der Waals surface area contributed by atoms with Crippen molar-refractivity contribution in [1.29, 1.82) is 0 Å². The zero-order valence-corrected chi connectivity index (χ0v) is 14.3. The van der Waals surface area contributed by atoms with Crippen LogP contribution in [0.4, 0.5) is 4.79 Å². The van der Waals surface area contributed by atoms with Crippen molar-refractivity contribution in [2.45, 2.75) is 26.4 Å². The van der Waals surface area contributed by atoms with Crippen LogP contribution in [-0.2, 0) is 16.1 Å². The van der Waals surface area contributed by atoms with Gasteiger partial charge in [0.2, 0.25) is 0 Å². The number of ether oxygens (including phenoxy) is 2. The predicted octanol–water partition coefficient (Wildman–Crippen LogP) is 3.15. The third-order valence-corrected chi connectivity index (χ3v) is 3.43. The van der Waals surface area contributed by atoms with Crippen molar-refractivity contribution in [2.24, 2.45) is 0 Å². The molecule has 0 saturated carbocycles. The van der Waals surface area contributed by atoms with Gasteiger partial charge in [-0.2, -0.15) is 0 Å². The molecule has 0 unspecified atom stereocenters. The first-order chi connectivity index (χ1) is 12.0. The Kier molecular flexibility index (Phi) is 6.83. The molecule has 2 N–H and O–H groups in total. The molecule has 2 aromatic rings. The van der Waals surface area contributed by atoms with Gasteiger partial charge in [0.1, 0.15) is 12.4 Å². The highest BCUT2D eigenvalue weighted by Gasteiger charge is 2.07. The van der Waals surface area contributed by atoms with Crippen LogP contribution in [0, 0.1) is 0 Å². The van der Waals surface area contributed by atoms with Crippen LogP contribution in [0.1, 0.15) is 30.9 Å². The molecule has 0 aliphatic rings. The fourth-order valence-corrected chi connectivity index (χ4v) is 2.01. The molecule has 2 amide bonds. The zero-order chi connectivity index (χ0) is 18.1. The molecule has 2 aromatic carbocycles. The normalized spacial score (nSPS) is 10.2. The molecule has 0 bridgehead atoms. The maximum atomic E-state index is 11.7. The minimum absolute atomic E-state index is 0.126. The van der Waals surface area contributed by atoms with Crippen molar-refractivity contribution < 1.29 is 19.1 Å². The lowest BCUT2D eigenvalue weighted by atomic mass is 10.0. The smallest absolute Gasteiger partial charge is 0.426 e. The van der Waals surface area contributed by atoms with Crippen LogP contribution in [0.3, 0.4) is 0 Å². The SMILES string of the molecule is CC(C)c1ccc(OCC(=O)NNC(=O)OCc2ccccc2)cc1. The van der Waals surface area contributed by atoms with E-state index in [1.165, 1.54) is 5.56 Å². The number of nitrogens with one attached hydrogen (secondary N) is 2. The molecular weight excluding hydrogens is 320 g/mol. The molecule has 0 aliphatic heterocycles. The Morgan fingerprint density at radius 1 is 0.960 bits per heavy atom. The molecule has 0 heterocycles. The van der Waals surface area contributed by atoms with Gasteiger partial charge >= 0.3 is 6.09 Å². The number of rotatable bonds is 6. The maximum absolute atomic E-state index is 11.7. The van der Waals surface area contributed by atoms with Gasteiger partial charge in [-0.25, -0.2) is 10.2 Å². The number of benzene rings is 2. The quantitative estimate of drug-likeness (QED) is 0.791. The molecule has 25 heavy (non-hydrogen) atoms. The van der Waals surface area contributed by atoms with Crippen molar-refractivity contribution >= 4 is 12.0 Å². The summed E-state index contributed by atoms with van der Waals surface area (Å²) in [6.07, 6.45) is -0.738. The van der Waals surface area contributed by atoms with Crippen molar-refractivity contribution in [3.63, 3.8) is 0 Å². The summed E-state index contributed by atoms with van der Waals surface area (Å²) >= 11 is 0. The van der Waals surface area contributed by atoms with Crippen molar-refractivity contribution in [3.05, 3.63) is 65.7 Å². The number of carbonyl (C=O) groups excluding carboxylic acids is 2. The molecule has 0 fully saturated rings. The summed E-state index contributed by atoms with van der Waals surface area (Å²) in [5.41, 5.74) is 6.45. The molecule has 2 rings (SSSR count). The Balaban J connectivity index is 1.65. The molecule has 0 radical (unpaired) electrons. The van der Waals surface area contributed by atoms with E-state index >= 15 is 0 Å². The van der Waals surface area contributed by atoms with Crippen LogP contribution < -0.4 is 15.6 Å². The highest BCUT2D eigenvalue weighted by Crippen LogP contribution is 2.18. The van der Waals surface area contributed by atoms with E-state index in [2.05, 4.69) is 24.7 Å². The van der Waals surface area contributed by atoms with Crippen LogP contribution in [-0.4, -0.2) is 18.6 Å². The van der Waals surface area contributed by atoms with Crippen LogP contribution in [0.25, 0.3) is 0 Å². The van der Waals surface area contributed by atoms with Crippen molar-refractivity contribution in [2.75, 3.05) is 6.61 Å². The lowest BCUT2D eigenvalue weighted by Gasteiger charge is -2.10. The minimum atomic E-state index is -0.738. The monoisotopic (exact) mass is 342 g/mol. The first-order valence-corrected chi connectivity index (χ1v) is 8.03. The molecule has 6 heteroatoms. The largest absolute Gasteiger partial charge is 0.484 e. The Morgan fingerprint density at radius 2 is 1.64 bits per heavy atom. The lowest BCUT2D eigenvalue weighted by molar-refractivity contribution is -0.124. The number of hydrogen-bond donors (Lipinski definition) is 2. The molecule has 0 atom stereocenters. The fourth-order valence-electron chi connectivity index (χ4n) is 2.01. The summed E-state index contributed by atoms with van der Waals surface area (Å²) in [7, 11) is 0. The van der Waals surface area contributed by atoms with Gasteiger partial charge in [0, 0.05) is 0 Å². The van der Waals surface area contributed by atoms with Crippen LogP contribution in [0.5, 0.6) is 5.75 Å². The van der Waals surface area contributed by atoms with E-state index in [1.807, 2.05) is 54.6 Å². The van der Waals surface area contributed by atoms with Gasteiger partial charge in [-0.1, -0.05) is 56.3 Å². The number of hydrazine groups is 1.